The fourth-order valence-electron chi connectivity index (χ4n) is 2.67. The number of hydrogen-bond donors (Lipinski definition) is 2. The van der Waals surface area contributed by atoms with Crippen molar-refractivity contribution in [2.24, 2.45) is 5.73 Å². The number of β-amino-alcohol motifs (C(OH)–C–C–N with tert-alkyl or cyclic N) is 1. The van der Waals surface area contributed by atoms with Crippen LogP contribution in [0.5, 0.6) is 0 Å². The van der Waals surface area contributed by atoms with Crippen LogP contribution >= 0.6 is 0 Å². The van der Waals surface area contributed by atoms with Gasteiger partial charge in [-0.15, -0.1) is 0 Å². The number of aromatic nitrogens is 1. The van der Waals surface area contributed by atoms with E-state index in [-0.39, 0.29) is 12.1 Å². The van der Waals surface area contributed by atoms with Crippen LogP contribution in [0.15, 0.2) is 24.4 Å². The fourth-order valence-corrected chi connectivity index (χ4v) is 2.67. The number of aliphatic hydroxyl groups is 1. The third-order valence-corrected chi connectivity index (χ3v) is 3.74. The quantitative estimate of drug-likeness (QED) is 0.844. The number of nitrogens with two attached hydrogens (primary N) is 1. The average molecular weight is 249 g/mol. The second kappa shape index (κ2) is 5.34. The first kappa shape index (κ1) is 13.5. The van der Waals surface area contributed by atoms with Gasteiger partial charge in [0.25, 0.3) is 0 Å². The minimum atomic E-state index is -0.597. The molecule has 2 rings (SSSR count). The molecule has 0 aromatic carbocycles. The summed E-state index contributed by atoms with van der Waals surface area (Å²) >= 11 is 0. The van der Waals surface area contributed by atoms with Gasteiger partial charge in [0.2, 0.25) is 0 Å². The molecule has 4 heteroatoms. The maximum absolute atomic E-state index is 10.1. The molecule has 1 aromatic heterocycles. The molecule has 1 aliphatic rings. The standard InChI is InChI=1S/C14H23N3O/c1-3-11(15)13(12-6-4-5-8-16-12)17-9-7-14(2,18)10-17/h4-6,8,11,13,18H,3,7,9-10,15H2,1-2H3. The van der Waals surface area contributed by atoms with Crippen LogP contribution in [0.3, 0.4) is 0 Å². The van der Waals surface area contributed by atoms with Gasteiger partial charge in [-0.05, 0) is 31.9 Å². The van der Waals surface area contributed by atoms with Crippen LogP contribution in [0.25, 0.3) is 0 Å². The van der Waals surface area contributed by atoms with Crippen molar-refractivity contribution in [1.82, 2.24) is 9.88 Å². The van der Waals surface area contributed by atoms with E-state index in [9.17, 15) is 5.11 Å². The molecule has 0 spiro atoms. The molecule has 0 radical (unpaired) electrons. The van der Waals surface area contributed by atoms with Crippen molar-refractivity contribution in [2.45, 2.75) is 44.4 Å². The average Bonchev–Trinajstić information content (AvgIpc) is 2.71. The Morgan fingerprint density at radius 1 is 1.56 bits per heavy atom. The predicted molar refractivity (Wildman–Crippen MR) is 72.1 cm³/mol. The lowest BCUT2D eigenvalue weighted by molar-refractivity contribution is 0.0589. The largest absolute Gasteiger partial charge is 0.389 e. The van der Waals surface area contributed by atoms with E-state index in [1.807, 2.05) is 25.1 Å². The molecule has 2 heterocycles. The predicted octanol–water partition coefficient (Wildman–Crippen LogP) is 1.32. The maximum atomic E-state index is 10.1. The lowest BCUT2D eigenvalue weighted by Gasteiger charge is -2.32. The van der Waals surface area contributed by atoms with Crippen molar-refractivity contribution in [3.63, 3.8) is 0 Å². The van der Waals surface area contributed by atoms with Crippen LogP contribution in [-0.2, 0) is 0 Å². The zero-order chi connectivity index (χ0) is 13.2. The van der Waals surface area contributed by atoms with Gasteiger partial charge in [-0.2, -0.15) is 0 Å². The Morgan fingerprint density at radius 2 is 2.33 bits per heavy atom. The highest BCUT2D eigenvalue weighted by Crippen LogP contribution is 2.31. The van der Waals surface area contributed by atoms with Gasteiger partial charge in [-0.1, -0.05) is 13.0 Å². The van der Waals surface area contributed by atoms with Crippen molar-refractivity contribution in [3.05, 3.63) is 30.1 Å². The number of pyridine rings is 1. The molecule has 0 bridgehead atoms. The molecule has 3 atom stereocenters. The summed E-state index contributed by atoms with van der Waals surface area (Å²) in [5, 5.41) is 10.1. The first-order valence-electron chi connectivity index (χ1n) is 6.66. The molecule has 1 fully saturated rings. The molecule has 0 aliphatic carbocycles. The van der Waals surface area contributed by atoms with E-state index in [4.69, 9.17) is 5.73 Å². The number of nitrogens with zero attached hydrogens (tertiary/aromatic N) is 2. The van der Waals surface area contributed by atoms with Crippen LogP contribution in [0.1, 0.15) is 38.4 Å². The van der Waals surface area contributed by atoms with E-state index >= 15 is 0 Å². The van der Waals surface area contributed by atoms with E-state index in [1.165, 1.54) is 0 Å². The van der Waals surface area contributed by atoms with Crippen LogP contribution in [0, 0.1) is 0 Å². The Bertz CT molecular complexity index is 380. The van der Waals surface area contributed by atoms with Gasteiger partial charge in [0, 0.05) is 25.3 Å². The van der Waals surface area contributed by atoms with E-state index in [0.717, 1.165) is 25.1 Å². The lowest BCUT2D eigenvalue weighted by Crippen LogP contribution is -2.42. The monoisotopic (exact) mass is 249 g/mol. The van der Waals surface area contributed by atoms with E-state index in [1.54, 1.807) is 6.20 Å². The normalized spacial score (nSPS) is 28.2. The van der Waals surface area contributed by atoms with Crippen LogP contribution in [0.2, 0.25) is 0 Å². The maximum Gasteiger partial charge on any atom is 0.0758 e. The van der Waals surface area contributed by atoms with Crippen LogP contribution in [0.4, 0.5) is 0 Å². The molecule has 3 N–H and O–H groups in total. The van der Waals surface area contributed by atoms with Crippen LogP contribution < -0.4 is 5.73 Å². The molecule has 3 unspecified atom stereocenters. The molecule has 1 saturated heterocycles. The van der Waals surface area contributed by atoms with Gasteiger partial charge in [-0.25, -0.2) is 0 Å². The van der Waals surface area contributed by atoms with E-state index < -0.39 is 5.60 Å². The van der Waals surface area contributed by atoms with E-state index in [0.29, 0.717) is 6.54 Å². The minimum Gasteiger partial charge on any atom is -0.389 e. The molecule has 0 amide bonds. The van der Waals surface area contributed by atoms with Crippen molar-refractivity contribution < 1.29 is 5.11 Å². The Morgan fingerprint density at radius 3 is 2.83 bits per heavy atom. The molecular formula is C14H23N3O. The van der Waals surface area contributed by atoms with Crippen molar-refractivity contribution in [1.29, 1.82) is 0 Å². The van der Waals surface area contributed by atoms with Gasteiger partial charge < -0.3 is 10.8 Å². The Hall–Kier alpha value is -0.970. The molecule has 18 heavy (non-hydrogen) atoms. The zero-order valence-corrected chi connectivity index (χ0v) is 11.2. The van der Waals surface area contributed by atoms with Gasteiger partial charge in [0.05, 0.1) is 17.3 Å². The van der Waals surface area contributed by atoms with Crippen molar-refractivity contribution in [2.75, 3.05) is 13.1 Å². The summed E-state index contributed by atoms with van der Waals surface area (Å²) in [4.78, 5) is 6.70. The SMILES string of the molecule is CCC(N)C(c1ccccn1)N1CCC(C)(O)C1. The molecule has 1 aliphatic heterocycles. The minimum absolute atomic E-state index is 0.0498. The Kier molecular flexibility index (Phi) is 4.00. The number of likely N-dealkylation sites (tertiary alicyclic amines) is 1. The van der Waals surface area contributed by atoms with Crippen molar-refractivity contribution >= 4 is 0 Å². The summed E-state index contributed by atoms with van der Waals surface area (Å²) in [6.07, 6.45) is 3.51. The second-order valence-corrected chi connectivity index (χ2v) is 5.49. The van der Waals surface area contributed by atoms with Gasteiger partial charge in [-0.3, -0.25) is 9.88 Å². The summed E-state index contributed by atoms with van der Waals surface area (Å²) in [5.41, 5.74) is 6.66. The summed E-state index contributed by atoms with van der Waals surface area (Å²) in [6.45, 7) is 5.53. The van der Waals surface area contributed by atoms with E-state index in [2.05, 4.69) is 16.8 Å². The van der Waals surface area contributed by atoms with Crippen molar-refractivity contribution in [3.8, 4) is 0 Å². The smallest absolute Gasteiger partial charge is 0.0758 e. The molecule has 4 nitrogen and oxygen atoms in total. The highest BCUT2D eigenvalue weighted by molar-refractivity contribution is 5.12. The first-order chi connectivity index (χ1) is 8.53. The van der Waals surface area contributed by atoms with Crippen LogP contribution in [-0.4, -0.2) is 39.7 Å². The van der Waals surface area contributed by atoms with Gasteiger partial charge >= 0.3 is 0 Å². The second-order valence-electron chi connectivity index (χ2n) is 5.49. The highest BCUT2D eigenvalue weighted by atomic mass is 16.3. The topological polar surface area (TPSA) is 62.4 Å². The van der Waals surface area contributed by atoms with Gasteiger partial charge in [0.1, 0.15) is 0 Å². The number of hydrogen-bond acceptors (Lipinski definition) is 4. The third-order valence-electron chi connectivity index (χ3n) is 3.74. The Balaban J connectivity index is 2.22. The molecule has 1 aromatic rings. The summed E-state index contributed by atoms with van der Waals surface area (Å²) in [5.74, 6) is 0. The Labute approximate surface area is 109 Å². The highest BCUT2D eigenvalue weighted by Gasteiger charge is 2.37. The fraction of sp³-hybridized carbons (Fsp3) is 0.643. The van der Waals surface area contributed by atoms with Gasteiger partial charge in [0.15, 0.2) is 0 Å². The third kappa shape index (κ3) is 2.88. The summed E-state index contributed by atoms with van der Waals surface area (Å²) in [7, 11) is 0. The molecule has 100 valence electrons. The molecule has 0 saturated carbocycles. The lowest BCUT2D eigenvalue weighted by atomic mass is 10.0. The number of rotatable bonds is 4. The zero-order valence-electron chi connectivity index (χ0n) is 11.2. The first-order valence-corrected chi connectivity index (χ1v) is 6.66. The molecular weight excluding hydrogens is 226 g/mol. The summed E-state index contributed by atoms with van der Waals surface area (Å²) in [6, 6.07) is 6.08. The summed E-state index contributed by atoms with van der Waals surface area (Å²) < 4.78 is 0.